The minimum absolute atomic E-state index is 0.0873. The molecule has 0 radical (unpaired) electrons. The number of rotatable bonds is 6. The van der Waals surface area contributed by atoms with Crippen LogP contribution in [0.1, 0.15) is 38.8 Å². The summed E-state index contributed by atoms with van der Waals surface area (Å²) < 4.78 is 25.7. The SMILES string of the molecule is CC(C)OC1(c2ccccc2)OCCOC1(OC(C)C)c1ccccc1. The van der Waals surface area contributed by atoms with Crippen LogP contribution in [0, 0.1) is 0 Å². The molecule has 0 N–H and O–H groups in total. The molecule has 3 rings (SSSR count). The second-order valence-electron chi connectivity index (χ2n) is 7.00. The Labute approximate surface area is 156 Å². The highest BCUT2D eigenvalue weighted by atomic mass is 16.8. The molecule has 4 nitrogen and oxygen atoms in total. The maximum atomic E-state index is 6.46. The van der Waals surface area contributed by atoms with E-state index in [1.54, 1.807) is 0 Å². The zero-order chi connectivity index (χ0) is 18.6. The molecule has 0 spiro atoms. The molecule has 2 aromatic carbocycles. The zero-order valence-corrected chi connectivity index (χ0v) is 16.0. The van der Waals surface area contributed by atoms with Crippen molar-refractivity contribution in [2.45, 2.75) is 51.5 Å². The summed E-state index contributed by atoms with van der Waals surface area (Å²) in [4.78, 5) is 0. The average Bonchev–Trinajstić information content (AvgIpc) is 2.64. The number of benzene rings is 2. The van der Waals surface area contributed by atoms with Crippen LogP contribution in [0.2, 0.25) is 0 Å². The Morgan fingerprint density at radius 2 is 1.00 bits per heavy atom. The van der Waals surface area contributed by atoms with Crippen molar-refractivity contribution in [2.75, 3.05) is 13.2 Å². The van der Waals surface area contributed by atoms with Gasteiger partial charge in [0, 0.05) is 11.1 Å². The summed E-state index contributed by atoms with van der Waals surface area (Å²) >= 11 is 0. The summed E-state index contributed by atoms with van der Waals surface area (Å²) in [7, 11) is 0. The van der Waals surface area contributed by atoms with E-state index >= 15 is 0 Å². The van der Waals surface area contributed by atoms with Gasteiger partial charge in [0.1, 0.15) is 0 Å². The van der Waals surface area contributed by atoms with Crippen molar-refractivity contribution < 1.29 is 18.9 Å². The van der Waals surface area contributed by atoms with Crippen LogP contribution in [-0.4, -0.2) is 25.4 Å². The summed E-state index contributed by atoms with van der Waals surface area (Å²) in [6.07, 6.45) is -0.175. The first-order valence-corrected chi connectivity index (χ1v) is 9.25. The van der Waals surface area contributed by atoms with E-state index in [1.165, 1.54) is 0 Å². The molecule has 1 fully saturated rings. The molecule has 1 aliphatic rings. The van der Waals surface area contributed by atoms with Gasteiger partial charge in [-0.1, -0.05) is 60.7 Å². The van der Waals surface area contributed by atoms with Gasteiger partial charge < -0.3 is 18.9 Å². The second kappa shape index (κ2) is 7.89. The first kappa shape index (κ1) is 19.1. The van der Waals surface area contributed by atoms with Crippen molar-refractivity contribution in [1.29, 1.82) is 0 Å². The third-order valence-corrected chi connectivity index (χ3v) is 4.24. The predicted octanol–water partition coefficient (Wildman–Crippen LogP) is 4.59. The normalized spacial score (nSPS) is 26.4. The van der Waals surface area contributed by atoms with Gasteiger partial charge in [0.2, 0.25) is 0 Å². The van der Waals surface area contributed by atoms with E-state index in [9.17, 15) is 0 Å². The number of ether oxygens (including phenoxy) is 4. The van der Waals surface area contributed by atoms with Gasteiger partial charge in [-0.05, 0) is 27.7 Å². The fourth-order valence-electron chi connectivity index (χ4n) is 3.45. The van der Waals surface area contributed by atoms with Crippen molar-refractivity contribution >= 4 is 0 Å². The van der Waals surface area contributed by atoms with Crippen molar-refractivity contribution in [3.63, 3.8) is 0 Å². The summed E-state index contributed by atoms with van der Waals surface area (Å²) in [5.41, 5.74) is 1.75. The van der Waals surface area contributed by atoms with Crippen molar-refractivity contribution in [3.05, 3.63) is 71.8 Å². The Morgan fingerprint density at radius 3 is 1.31 bits per heavy atom. The minimum Gasteiger partial charge on any atom is -0.339 e. The van der Waals surface area contributed by atoms with Gasteiger partial charge in [-0.25, -0.2) is 0 Å². The fourth-order valence-corrected chi connectivity index (χ4v) is 3.45. The van der Waals surface area contributed by atoms with E-state index in [0.29, 0.717) is 13.2 Å². The first-order chi connectivity index (χ1) is 12.5. The van der Waals surface area contributed by atoms with E-state index in [0.717, 1.165) is 11.1 Å². The lowest BCUT2D eigenvalue weighted by Gasteiger charge is -2.52. The fraction of sp³-hybridized carbons (Fsp3) is 0.455. The summed E-state index contributed by atoms with van der Waals surface area (Å²) in [5, 5.41) is 0. The van der Waals surface area contributed by atoms with Crippen LogP contribution < -0.4 is 0 Å². The number of hydrogen-bond donors (Lipinski definition) is 0. The van der Waals surface area contributed by atoms with Gasteiger partial charge >= 0.3 is 0 Å². The molecule has 1 saturated heterocycles. The predicted molar refractivity (Wildman–Crippen MR) is 101 cm³/mol. The molecule has 4 heteroatoms. The molecule has 2 unspecified atom stereocenters. The van der Waals surface area contributed by atoms with Crippen molar-refractivity contribution in [2.24, 2.45) is 0 Å². The van der Waals surface area contributed by atoms with Crippen LogP contribution in [0.25, 0.3) is 0 Å². The van der Waals surface area contributed by atoms with E-state index in [-0.39, 0.29) is 12.2 Å². The van der Waals surface area contributed by atoms with Gasteiger partial charge in [0.15, 0.2) is 0 Å². The lowest BCUT2D eigenvalue weighted by molar-refractivity contribution is -0.468. The molecule has 0 aromatic heterocycles. The average molecular weight is 356 g/mol. The molecule has 0 bridgehead atoms. The quantitative estimate of drug-likeness (QED) is 0.759. The Bertz CT molecular complexity index is 624. The molecule has 0 amide bonds. The monoisotopic (exact) mass is 356 g/mol. The smallest absolute Gasteiger partial charge is 0.256 e. The molecule has 1 aliphatic heterocycles. The Balaban J connectivity index is 2.26. The number of hydrogen-bond acceptors (Lipinski definition) is 4. The van der Waals surface area contributed by atoms with Gasteiger partial charge in [0.25, 0.3) is 11.6 Å². The second-order valence-corrected chi connectivity index (χ2v) is 7.00. The summed E-state index contributed by atoms with van der Waals surface area (Å²) in [5.74, 6) is -2.40. The van der Waals surface area contributed by atoms with Crippen LogP contribution in [0.5, 0.6) is 0 Å². The summed E-state index contributed by atoms with van der Waals surface area (Å²) in [6.45, 7) is 8.83. The lowest BCUT2D eigenvalue weighted by Crippen LogP contribution is -2.61. The van der Waals surface area contributed by atoms with Crippen LogP contribution in [0.15, 0.2) is 60.7 Å². The molecule has 2 aromatic rings. The highest BCUT2D eigenvalue weighted by Crippen LogP contribution is 2.51. The van der Waals surface area contributed by atoms with Crippen molar-refractivity contribution in [3.8, 4) is 0 Å². The zero-order valence-electron chi connectivity index (χ0n) is 16.0. The van der Waals surface area contributed by atoms with Crippen LogP contribution in [0.4, 0.5) is 0 Å². The molecule has 0 saturated carbocycles. The Kier molecular flexibility index (Phi) is 5.78. The largest absolute Gasteiger partial charge is 0.339 e. The van der Waals surface area contributed by atoms with Crippen LogP contribution in [-0.2, 0) is 30.5 Å². The van der Waals surface area contributed by atoms with Crippen molar-refractivity contribution in [1.82, 2.24) is 0 Å². The molecule has 0 aliphatic carbocycles. The van der Waals surface area contributed by atoms with Crippen LogP contribution >= 0.6 is 0 Å². The third-order valence-electron chi connectivity index (χ3n) is 4.24. The molecular weight excluding hydrogens is 328 g/mol. The third kappa shape index (κ3) is 3.42. The van der Waals surface area contributed by atoms with E-state index in [2.05, 4.69) is 0 Å². The topological polar surface area (TPSA) is 36.9 Å². The standard InChI is InChI=1S/C22H28O4/c1-17(2)25-21(19-11-7-5-8-12-19)22(26-18(3)4,24-16-15-23-21)20-13-9-6-10-14-20/h5-14,17-18H,15-16H2,1-4H3. The molecular formula is C22H28O4. The van der Waals surface area contributed by atoms with E-state index in [1.807, 2.05) is 88.4 Å². The van der Waals surface area contributed by atoms with E-state index in [4.69, 9.17) is 18.9 Å². The highest BCUT2D eigenvalue weighted by molar-refractivity contribution is 5.31. The molecule has 2 atom stereocenters. The highest BCUT2D eigenvalue weighted by Gasteiger charge is 2.62. The van der Waals surface area contributed by atoms with Crippen LogP contribution in [0.3, 0.4) is 0 Å². The lowest BCUT2D eigenvalue weighted by atomic mass is 9.88. The van der Waals surface area contributed by atoms with E-state index < -0.39 is 11.6 Å². The first-order valence-electron chi connectivity index (χ1n) is 9.25. The van der Waals surface area contributed by atoms with Gasteiger partial charge in [0.05, 0.1) is 25.4 Å². The van der Waals surface area contributed by atoms with Gasteiger partial charge in [-0.3, -0.25) is 0 Å². The van der Waals surface area contributed by atoms with Gasteiger partial charge in [-0.15, -0.1) is 0 Å². The molecule has 26 heavy (non-hydrogen) atoms. The minimum atomic E-state index is -1.20. The summed E-state index contributed by atoms with van der Waals surface area (Å²) in [6, 6.07) is 19.8. The Morgan fingerprint density at radius 1 is 0.654 bits per heavy atom. The van der Waals surface area contributed by atoms with Gasteiger partial charge in [-0.2, -0.15) is 0 Å². The molecule has 1 heterocycles. The maximum Gasteiger partial charge on any atom is 0.256 e. The maximum absolute atomic E-state index is 6.46. The molecule has 140 valence electrons. The Hall–Kier alpha value is -1.72.